The minimum Gasteiger partial charge on any atom is -0.392 e. The highest BCUT2D eigenvalue weighted by molar-refractivity contribution is 6.06. The van der Waals surface area contributed by atoms with E-state index in [2.05, 4.69) is 15.4 Å². The number of pyridine rings is 2. The summed E-state index contributed by atoms with van der Waals surface area (Å²) in [7, 11) is 0. The van der Waals surface area contributed by atoms with Crippen LogP contribution in [0.5, 0.6) is 0 Å². The van der Waals surface area contributed by atoms with Gasteiger partial charge in [-0.3, -0.25) is 9.59 Å². The summed E-state index contributed by atoms with van der Waals surface area (Å²) >= 11 is 0. The lowest BCUT2D eigenvalue weighted by Crippen LogP contribution is -2.28. The predicted molar refractivity (Wildman–Crippen MR) is 127 cm³/mol. The Bertz CT molecular complexity index is 1400. The van der Waals surface area contributed by atoms with E-state index in [1.807, 2.05) is 58.0 Å². The van der Waals surface area contributed by atoms with Crippen molar-refractivity contribution >= 4 is 16.9 Å². The highest BCUT2D eigenvalue weighted by Gasteiger charge is 2.19. The summed E-state index contributed by atoms with van der Waals surface area (Å²) in [5, 5.41) is 17.5. The SMILES string of the molecule is Cc1cc(C)c(CNC(=O)c2cc(-c3cccc(CO)c3)nc3c2cnn3C(C)C)c(=O)[nH]1. The van der Waals surface area contributed by atoms with Crippen LogP contribution in [0.1, 0.15) is 52.6 Å². The fourth-order valence-corrected chi connectivity index (χ4v) is 3.93. The normalized spacial score (nSPS) is 11.3. The number of benzene rings is 1. The van der Waals surface area contributed by atoms with Crippen molar-refractivity contribution in [1.29, 1.82) is 0 Å². The van der Waals surface area contributed by atoms with E-state index in [9.17, 15) is 14.7 Å². The molecule has 0 bridgehead atoms. The monoisotopic (exact) mass is 445 g/mol. The molecule has 0 saturated carbocycles. The molecule has 4 aromatic rings. The van der Waals surface area contributed by atoms with E-state index in [-0.39, 0.29) is 30.7 Å². The Balaban J connectivity index is 1.77. The second kappa shape index (κ2) is 8.99. The third-order valence-electron chi connectivity index (χ3n) is 5.63. The lowest BCUT2D eigenvalue weighted by Gasteiger charge is -2.12. The Morgan fingerprint density at radius 1 is 1.21 bits per heavy atom. The molecule has 0 radical (unpaired) electrons. The van der Waals surface area contributed by atoms with Gasteiger partial charge in [-0.1, -0.05) is 18.2 Å². The molecule has 33 heavy (non-hydrogen) atoms. The van der Waals surface area contributed by atoms with Gasteiger partial charge in [0.2, 0.25) is 0 Å². The van der Waals surface area contributed by atoms with Crippen LogP contribution >= 0.6 is 0 Å². The van der Waals surface area contributed by atoms with E-state index >= 15 is 0 Å². The minimum atomic E-state index is -0.315. The smallest absolute Gasteiger partial charge is 0.253 e. The molecule has 0 unspecified atom stereocenters. The number of carbonyl (C=O) groups excluding carboxylic acids is 1. The second-order valence-corrected chi connectivity index (χ2v) is 8.46. The number of rotatable bonds is 6. The maximum Gasteiger partial charge on any atom is 0.253 e. The molecule has 3 heterocycles. The fourth-order valence-electron chi connectivity index (χ4n) is 3.93. The number of amides is 1. The third kappa shape index (κ3) is 4.42. The van der Waals surface area contributed by atoms with Crippen LogP contribution in [-0.2, 0) is 13.2 Å². The number of aliphatic hydroxyl groups excluding tert-OH is 1. The molecule has 0 saturated heterocycles. The third-order valence-corrected chi connectivity index (χ3v) is 5.63. The second-order valence-electron chi connectivity index (χ2n) is 8.46. The Labute approximate surface area is 191 Å². The van der Waals surface area contributed by atoms with Crippen molar-refractivity contribution in [1.82, 2.24) is 25.1 Å². The quantitative estimate of drug-likeness (QED) is 0.421. The van der Waals surface area contributed by atoms with Crippen LogP contribution in [0.2, 0.25) is 0 Å². The van der Waals surface area contributed by atoms with Crippen molar-refractivity contribution in [2.45, 2.75) is 46.9 Å². The minimum absolute atomic E-state index is 0.0544. The first-order valence-electron chi connectivity index (χ1n) is 10.8. The van der Waals surface area contributed by atoms with Gasteiger partial charge in [0.1, 0.15) is 0 Å². The summed E-state index contributed by atoms with van der Waals surface area (Å²) in [6.45, 7) is 7.70. The van der Waals surface area contributed by atoms with Gasteiger partial charge in [-0.2, -0.15) is 5.10 Å². The molecule has 1 amide bonds. The van der Waals surface area contributed by atoms with Crippen LogP contribution in [0, 0.1) is 13.8 Å². The number of nitrogens with one attached hydrogen (secondary N) is 2. The van der Waals surface area contributed by atoms with Crippen LogP contribution in [-0.4, -0.2) is 30.8 Å². The van der Waals surface area contributed by atoms with Gasteiger partial charge in [0.25, 0.3) is 11.5 Å². The van der Waals surface area contributed by atoms with Crippen molar-refractivity contribution in [3.8, 4) is 11.3 Å². The van der Waals surface area contributed by atoms with Crippen LogP contribution < -0.4 is 10.9 Å². The number of aryl methyl sites for hydroxylation is 2. The molecule has 0 atom stereocenters. The first-order chi connectivity index (χ1) is 15.8. The largest absolute Gasteiger partial charge is 0.392 e. The number of hydrogen-bond donors (Lipinski definition) is 3. The van der Waals surface area contributed by atoms with Gasteiger partial charge in [-0.25, -0.2) is 9.67 Å². The molecule has 0 fully saturated rings. The molecule has 8 heteroatoms. The molecule has 0 aliphatic carbocycles. The first kappa shape index (κ1) is 22.4. The zero-order valence-electron chi connectivity index (χ0n) is 19.1. The molecule has 3 aromatic heterocycles. The molecule has 4 rings (SSSR count). The number of aromatic nitrogens is 4. The Morgan fingerprint density at radius 3 is 2.70 bits per heavy atom. The summed E-state index contributed by atoms with van der Waals surface area (Å²) in [4.78, 5) is 33.2. The summed E-state index contributed by atoms with van der Waals surface area (Å²) in [5.74, 6) is -0.315. The number of aromatic amines is 1. The average Bonchev–Trinajstić information content (AvgIpc) is 3.22. The maximum absolute atomic E-state index is 13.3. The van der Waals surface area contributed by atoms with Crippen LogP contribution in [0.4, 0.5) is 0 Å². The van der Waals surface area contributed by atoms with E-state index in [0.717, 1.165) is 22.4 Å². The molecular formula is C25H27N5O3. The number of carbonyl (C=O) groups is 1. The van der Waals surface area contributed by atoms with Gasteiger partial charge < -0.3 is 15.4 Å². The predicted octanol–water partition coefficient (Wildman–Crippen LogP) is 3.41. The number of H-pyrrole nitrogens is 1. The highest BCUT2D eigenvalue weighted by atomic mass is 16.3. The molecular weight excluding hydrogens is 418 g/mol. The van der Waals surface area contributed by atoms with Gasteiger partial charge in [-0.15, -0.1) is 0 Å². The number of fused-ring (bicyclic) bond motifs is 1. The zero-order valence-corrected chi connectivity index (χ0v) is 19.1. The number of nitrogens with zero attached hydrogens (tertiary/aromatic N) is 3. The molecule has 8 nitrogen and oxygen atoms in total. The van der Waals surface area contributed by atoms with Gasteiger partial charge in [0.05, 0.1) is 29.4 Å². The van der Waals surface area contributed by atoms with Gasteiger partial charge in [0.15, 0.2) is 5.65 Å². The van der Waals surface area contributed by atoms with Crippen molar-refractivity contribution in [3.05, 3.63) is 80.9 Å². The highest BCUT2D eigenvalue weighted by Crippen LogP contribution is 2.27. The van der Waals surface area contributed by atoms with E-state index < -0.39 is 0 Å². The van der Waals surface area contributed by atoms with Crippen LogP contribution in [0.3, 0.4) is 0 Å². The van der Waals surface area contributed by atoms with Crippen molar-refractivity contribution in [2.24, 2.45) is 0 Å². The maximum atomic E-state index is 13.3. The van der Waals surface area contributed by atoms with E-state index in [4.69, 9.17) is 4.98 Å². The zero-order chi connectivity index (χ0) is 23.7. The van der Waals surface area contributed by atoms with E-state index in [0.29, 0.717) is 27.9 Å². The molecule has 3 N–H and O–H groups in total. The van der Waals surface area contributed by atoms with E-state index in [1.54, 1.807) is 16.9 Å². The van der Waals surface area contributed by atoms with Crippen LogP contribution in [0.15, 0.2) is 47.4 Å². The number of hydrogen-bond acceptors (Lipinski definition) is 5. The van der Waals surface area contributed by atoms with Crippen LogP contribution in [0.25, 0.3) is 22.3 Å². The van der Waals surface area contributed by atoms with E-state index in [1.165, 1.54) is 0 Å². The number of aliphatic hydroxyl groups is 1. The molecule has 1 aromatic carbocycles. The molecule has 0 spiro atoms. The summed E-state index contributed by atoms with van der Waals surface area (Å²) < 4.78 is 1.78. The topological polar surface area (TPSA) is 113 Å². The van der Waals surface area contributed by atoms with Gasteiger partial charge in [0, 0.05) is 29.4 Å². The lowest BCUT2D eigenvalue weighted by atomic mass is 10.0. The van der Waals surface area contributed by atoms with Crippen molar-refractivity contribution in [2.75, 3.05) is 0 Å². The standard InChI is InChI=1S/C25H27N5O3/c1-14(2)30-23-21(12-27-30)19(10-22(29-23)18-7-5-6-17(9-18)13-31)24(32)26-11-20-15(3)8-16(4)28-25(20)33/h5-10,12,14,31H,11,13H2,1-4H3,(H,26,32)(H,28,33). The van der Waals surface area contributed by atoms with Gasteiger partial charge >= 0.3 is 0 Å². The lowest BCUT2D eigenvalue weighted by molar-refractivity contribution is 0.0952. The first-order valence-corrected chi connectivity index (χ1v) is 10.8. The summed E-state index contributed by atoms with van der Waals surface area (Å²) in [6, 6.07) is 11.1. The van der Waals surface area contributed by atoms with Crippen molar-refractivity contribution in [3.63, 3.8) is 0 Å². The Kier molecular flexibility index (Phi) is 6.11. The Morgan fingerprint density at radius 2 is 2.00 bits per heavy atom. The van der Waals surface area contributed by atoms with Crippen molar-refractivity contribution < 1.29 is 9.90 Å². The Hall–Kier alpha value is -3.78. The molecule has 0 aliphatic rings. The average molecular weight is 446 g/mol. The fraction of sp³-hybridized carbons (Fsp3) is 0.280. The summed E-state index contributed by atoms with van der Waals surface area (Å²) in [6.07, 6.45) is 1.65. The van der Waals surface area contributed by atoms with Gasteiger partial charge in [-0.05, 0) is 57.0 Å². The molecule has 170 valence electrons. The summed E-state index contributed by atoms with van der Waals surface area (Å²) in [5.41, 5.74) is 5.10. The molecule has 0 aliphatic heterocycles.